The molecule has 16 heavy (non-hydrogen) atoms. The largest absolute Gasteiger partial charge is 0.494 e. The van der Waals surface area contributed by atoms with E-state index in [-0.39, 0.29) is 0 Å². The highest BCUT2D eigenvalue weighted by atomic mass is 16.5. The molecule has 5 nitrogen and oxygen atoms in total. The summed E-state index contributed by atoms with van der Waals surface area (Å²) in [6.07, 6.45) is -0.617. The molecule has 0 radical (unpaired) electrons. The number of methoxy groups -OCH3 is 2. The molecule has 0 aliphatic heterocycles. The minimum absolute atomic E-state index is 0.436. The molecular formula is C11H18N2O3. The second kappa shape index (κ2) is 5.58. The van der Waals surface area contributed by atoms with Crippen LogP contribution in [0, 0.1) is 0 Å². The Balaban J connectivity index is 3.11. The molecule has 1 unspecified atom stereocenters. The van der Waals surface area contributed by atoms with Gasteiger partial charge in [0.25, 0.3) is 0 Å². The first-order chi connectivity index (χ1) is 7.63. The first-order valence-electron chi connectivity index (χ1n) is 4.98. The SMILES string of the molecule is CNCC(O)c1cc(OC)c(N)c(OC)c1. The minimum Gasteiger partial charge on any atom is -0.494 e. The molecule has 1 atom stereocenters. The van der Waals surface area contributed by atoms with E-state index in [1.54, 1.807) is 19.2 Å². The average Bonchev–Trinajstić information content (AvgIpc) is 2.29. The Morgan fingerprint density at radius 3 is 2.19 bits per heavy atom. The molecule has 0 bridgehead atoms. The fourth-order valence-electron chi connectivity index (χ4n) is 1.46. The van der Waals surface area contributed by atoms with Crippen LogP contribution in [0.5, 0.6) is 11.5 Å². The van der Waals surface area contributed by atoms with Crippen LogP contribution in [-0.2, 0) is 0 Å². The van der Waals surface area contributed by atoms with Crippen molar-refractivity contribution >= 4 is 5.69 Å². The van der Waals surface area contributed by atoms with Gasteiger partial charge in [0.1, 0.15) is 17.2 Å². The van der Waals surface area contributed by atoms with Crippen molar-refractivity contribution in [3.8, 4) is 11.5 Å². The number of hydrogen-bond donors (Lipinski definition) is 3. The molecule has 5 heteroatoms. The molecule has 90 valence electrons. The molecule has 0 amide bonds. The van der Waals surface area contributed by atoms with E-state index in [0.717, 1.165) is 0 Å². The summed E-state index contributed by atoms with van der Waals surface area (Å²) >= 11 is 0. The van der Waals surface area contributed by atoms with Crippen LogP contribution < -0.4 is 20.5 Å². The number of hydrogen-bond acceptors (Lipinski definition) is 5. The Morgan fingerprint density at radius 2 is 1.81 bits per heavy atom. The number of nitrogens with two attached hydrogens (primary N) is 1. The minimum atomic E-state index is -0.617. The van der Waals surface area contributed by atoms with Gasteiger partial charge < -0.3 is 25.6 Å². The molecule has 0 saturated heterocycles. The highest BCUT2D eigenvalue weighted by molar-refractivity contribution is 5.64. The Morgan fingerprint density at radius 1 is 1.31 bits per heavy atom. The van der Waals surface area contributed by atoms with Gasteiger partial charge >= 0.3 is 0 Å². The first-order valence-corrected chi connectivity index (χ1v) is 4.98. The number of aliphatic hydroxyl groups is 1. The van der Waals surface area contributed by atoms with Crippen LogP contribution in [0.4, 0.5) is 5.69 Å². The van der Waals surface area contributed by atoms with Crippen molar-refractivity contribution < 1.29 is 14.6 Å². The van der Waals surface area contributed by atoms with Crippen molar-refractivity contribution in [1.29, 1.82) is 0 Å². The standard InChI is InChI=1S/C11H18N2O3/c1-13-6-8(14)7-4-9(15-2)11(12)10(5-7)16-3/h4-5,8,13-14H,6,12H2,1-3H3. The van der Waals surface area contributed by atoms with Crippen LogP contribution in [0.2, 0.25) is 0 Å². The maximum atomic E-state index is 9.84. The molecule has 0 saturated carbocycles. The van der Waals surface area contributed by atoms with E-state index in [1.807, 2.05) is 0 Å². The maximum absolute atomic E-state index is 9.84. The fourth-order valence-corrected chi connectivity index (χ4v) is 1.46. The molecule has 0 fully saturated rings. The third kappa shape index (κ3) is 2.56. The van der Waals surface area contributed by atoms with Gasteiger partial charge in [-0.3, -0.25) is 0 Å². The summed E-state index contributed by atoms with van der Waals surface area (Å²) in [6, 6.07) is 3.42. The number of ether oxygens (including phenoxy) is 2. The summed E-state index contributed by atoms with van der Waals surface area (Å²) in [5, 5.41) is 12.7. The van der Waals surface area contributed by atoms with Gasteiger partial charge in [-0.05, 0) is 24.7 Å². The monoisotopic (exact) mass is 226 g/mol. The van der Waals surface area contributed by atoms with E-state index in [0.29, 0.717) is 29.3 Å². The van der Waals surface area contributed by atoms with Gasteiger partial charge in [-0.15, -0.1) is 0 Å². The molecule has 1 rings (SSSR count). The summed E-state index contributed by atoms with van der Waals surface area (Å²) < 4.78 is 10.2. The van der Waals surface area contributed by atoms with Crippen LogP contribution >= 0.6 is 0 Å². The van der Waals surface area contributed by atoms with Crippen LogP contribution in [0.1, 0.15) is 11.7 Å². The number of rotatable bonds is 5. The van der Waals surface area contributed by atoms with E-state index in [9.17, 15) is 5.11 Å². The number of aliphatic hydroxyl groups excluding tert-OH is 1. The zero-order valence-electron chi connectivity index (χ0n) is 9.78. The average molecular weight is 226 g/mol. The molecule has 0 aliphatic carbocycles. The van der Waals surface area contributed by atoms with E-state index >= 15 is 0 Å². The van der Waals surface area contributed by atoms with Gasteiger partial charge in [0.2, 0.25) is 0 Å². The van der Waals surface area contributed by atoms with Crippen molar-refractivity contribution in [1.82, 2.24) is 5.32 Å². The summed E-state index contributed by atoms with van der Waals surface area (Å²) in [5.41, 5.74) is 6.94. The maximum Gasteiger partial charge on any atom is 0.145 e. The van der Waals surface area contributed by atoms with Gasteiger partial charge in [-0.25, -0.2) is 0 Å². The first kappa shape index (κ1) is 12.6. The van der Waals surface area contributed by atoms with E-state index < -0.39 is 6.10 Å². The quantitative estimate of drug-likeness (QED) is 0.639. The molecule has 1 aromatic rings. The van der Waals surface area contributed by atoms with Gasteiger partial charge in [0.05, 0.1) is 20.3 Å². The molecule has 0 heterocycles. The lowest BCUT2D eigenvalue weighted by Crippen LogP contribution is -2.17. The lowest BCUT2D eigenvalue weighted by molar-refractivity contribution is 0.177. The summed E-state index contributed by atoms with van der Waals surface area (Å²) in [5.74, 6) is 1.01. The third-order valence-corrected chi connectivity index (χ3v) is 2.35. The van der Waals surface area contributed by atoms with E-state index in [1.165, 1.54) is 14.2 Å². The topological polar surface area (TPSA) is 76.7 Å². The third-order valence-electron chi connectivity index (χ3n) is 2.35. The van der Waals surface area contributed by atoms with Gasteiger partial charge in [0, 0.05) is 6.54 Å². The lowest BCUT2D eigenvalue weighted by Gasteiger charge is -2.15. The van der Waals surface area contributed by atoms with Crippen molar-refractivity contribution in [2.75, 3.05) is 33.5 Å². The molecular weight excluding hydrogens is 208 g/mol. The van der Waals surface area contributed by atoms with E-state index in [4.69, 9.17) is 15.2 Å². The molecule has 4 N–H and O–H groups in total. The Kier molecular flexibility index (Phi) is 4.39. The van der Waals surface area contributed by atoms with E-state index in [2.05, 4.69) is 5.32 Å². The van der Waals surface area contributed by atoms with Crippen LogP contribution in [0.25, 0.3) is 0 Å². The van der Waals surface area contributed by atoms with Crippen molar-refractivity contribution in [2.24, 2.45) is 0 Å². The van der Waals surface area contributed by atoms with Gasteiger partial charge in [0.15, 0.2) is 0 Å². The molecule has 0 aliphatic rings. The number of anilines is 1. The Hall–Kier alpha value is -1.46. The lowest BCUT2D eigenvalue weighted by atomic mass is 10.1. The fraction of sp³-hybridized carbons (Fsp3) is 0.455. The summed E-state index contributed by atoms with van der Waals surface area (Å²) in [7, 11) is 4.83. The number of nitrogen functional groups attached to an aromatic ring is 1. The second-order valence-electron chi connectivity index (χ2n) is 3.41. The number of likely N-dealkylation sites (N-methyl/N-ethyl adjacent to an activating group) is 1. The normalized spacial score (nSPS) is 12.2. The zero-order chi connectivity index (χ0) is 12.1. The Labute approximate surface area is 95.2 Å². The van der Waals surface area contributed by atoms with Gasteiger partial charge in [-0.1, -0.05) is 0 Å². The summed E-state index contributed by atoms with van der Waals surface area (Å²) in [6.45, 7) is 0.455. The van der Waals surface area contributed by atoms with Crippen molar-refractivity contribution in [3.05, 3.63) is 17.7 Å². The van der Waals surface area contributed by atoms with Gasteiger partial charge in [-0.2, -0.15) is 0 Å². The second-order valence-corrected chi connectivity index (χ2v) is 3.41. The van der Waals surface area contributed by atoms with Crippen LogP contribution in [-0.4, -0.2) is 32.9 Å². The van der Waals surface area contributed by atoms with Crippen LogP contribution in [0.15, 0.2) is 12.1 Å². The smallest absolute Gasteiger partial charge is 0.145 e. The van der Waals surface area contributed by atoms with Crippen LogP contribution in [0.3, 0.4) is 0 Å². The molecule has 0 spiro atoms. The zero-order valence-corrected chi connectivity index (χ0v) is 9.78. The Bertz CT molecular complexity index is 330. The molecule has 1 aromatic carbocycles. The van der Waals surface area contributed by atoms with Crippen molar-refractivity contribution in [2.45, 2.75) is 6.10 Å². The predicted molar refractivity (Wildman–Crippen MR) is 62.8 cm³/mol. The number of nitrogens with one attached hydrogen (secondary N) is 1. The highest BCUT2D eigenvalue weighted by Gasteiger charge is 2.14. The number of benzene rings is 1. The highest BCUT2D eigenvalue weighted by Crippen LogP contribution is 2.34. The van der Waals surface area contributed by atoms with Crippen molar-refractivity contribution in [3.63, 3.8) is 0 Å². The molecule has 0 aromatic heterocycles. The predicted octanol–water partition coefficient (Wildman–Crippen LogP) is 0.539. The summed E-state index contributed by atoms with van der Waals surface area (Å²) in [4.78, 5) is 0.